The van der Waals surface area contributed by atoms with Crippen LogP contribution in [0.15, 0.2) is 59.0 Å². The number of aromatic nitrogens is 1. The van der Waals surface area contributed by atoms with Gasteiger partial charge in [0.2, 0.25) is 17.5 Å². The van der Waals surface area contributed by atoms with Crippen LogP contribution in [0.1, 0.15) is 27.5 Å². The molecule has 0 saturated carbocycles. The van der Waals surface area contributed by atoms with E-state index in [1.807, 2.05) is 29.2 Å². The van der Waals surface area contributed by atoms with Crippen molar-refractivity contribution in [2.75, 3.05) is 31.1 Å². The number of carbonyl (C=O) groups is 1. The molecular weight excluding hydrogens is 410 g/mol. The van der Waals surface area contributed by atoms with Gasteiger partial charge in [0.05, 0.1) is 4.92 Å². The van der Waals surface area contributed by atoms with Gasteiger partial charge in [-0.1, -0.05) is 30.3 Å². The largest absolute Gasteiger partial charge is 0.420 e. The highest BCUT2D eigenvalue weighted by molar-refractivity contribution is 5.94. The minimum atomic E-state index is -0.462. The van der Waals surface area contributed by atoms with Gasteiger partial charge < -0.3 is 14.2 Å². The number of nitrogens with zero attached hydrogens (tertiary/aromatic N) is 5. The van der Waals surface area contributed by atoms with Gasteiger partial charge in [-0.2, -0.15) is 10.2 Å². The van der Waals surface area contributed by atoms with Gasteiger partial charge in [0.15, 0.2) is 0 Å². The second-order valence-electron chi connectivity index (χ2n) is 7.15. The molecule has 0 radical (unpaired) electrons. The molecule has 9 nitrogen and oxygen atoms in total. The Hall–Kier alpha value is -4.45. The van der Waals surface area contributed by atoms with E-state index in [2.05, 4.69) is 4.98 Å². The van der Waals surface area contributed by atoms with Crippen LogP contribution in [0.5, 0.6) is 0 Å². The summed E-state index contributed by atoms with van der Waals surface area (Å²) in [5, 5.41) is 20.4. The third kappa shape index (κ3) is 4.49. The zero-order valence-corrected chi connectivity index (χ0v) is 17.0. The maximum absolute atomic E-state index is 12.6. The summed E-state index contributed by atoms with van der Waals surface area (Å²) in [6.07, 6.45) is 3.21. The second kappa shape index (κ2) is 9.14. The molecule has 32 heavy (non-hydrogen) atoms. The molecule has 4 rings (SSSR count). The molecule has 0 unspecified atom stereocenters. The average Bonchev–Trinajstić information content (AvgIpc) is 3.26. The van der Waals surface area contributed by atoms with E-state index < -0.39 is 4.92 Å². The van der Waals surface area contributed by atoms with Crippen molar-refractivity contribution in [1.29, 1.82) is 5.26 Å². The predicted octanol–water partition coefficient (Wildman–Crippen LogP) is 3.59. The summed E-state index contributed by atoms with van der Waals surface area (Å²) >= 11 is 0. The number of hydrogen-bond acceptors (Lipinski definition) is 7. The van der Waals surface area contributed by atoms with Crippen LogP contribution in [0.4, 0.5) is 11.6 Å². The van der Waals surface area contributed by atoms with Gasteiger partial charge in [-0.15, -0.1) is 0 Å². The fourth-order valence-electron chi connectivity index (χ4n) is 3.47. The van der Waals surface area contributed by atoms with Crippen LogP contribution in [0.25, 0.3) is 12.2 Å². The lowest BCUT2D eigenvalue weighted by Crippen LogP contribution is -2.48. The van der Waals surface area contributed by atoms with Gasteiger partial charge in [0.1, 0.15) is 6.07 Å². The lowest BCUT2D eigenvalue weighted by Gasteiger charge is -2.34. The Balaban J connectivity index is 1.45. The number of benzene rings is 2. The van der Waals surface area contributed by atoms with Crippen LogP contribution in [-0.2, 0) is 0 Å². The zero-order valence-electron chi connectivity index (χ0n) is 17.0. The minimum absolute atomic E-state index is 0.0131. The van der Waals surface area contributed by atoms with Gasteiger partial charge in [-0.05, 0) is 23.8 Å². The normalized spacial score (nSPS) is 13.8. The SMILES string of the molecule is N#Cc1nc(/C=C/c2cccc([N+](=O)[O-])c2)oc1N1CCN(C(=O)c2ccccc2)CC1. The number of nitro benzene ring substituents is 1. The van der Waals surface area contributed by atoms with Crippen molar-refractivity contribution in [2.24, 2.45) is 0 Å². The zero-order chi connectivity index (χ0) is 22.5. The number of nitro groups is 1. The molecule has 160 valence electrons. The second-order valence-corrected chi connectivity index (χ2v) is 7.15. The van der Waals surface area contributed by atoms with Crippen LogP contribution >= 0.6 is 0 Å². The van der Waals surface area contributed by atoms with Gasteiger partial charge in [0.25, 0.3) is 11.6 Å². The van der Waals surface area contributed by atoms with E-state index in [4.69, 9.17) is 4.42 Å². The van der Waals surface area contributed by atoms with E-state index >= 15 is 0 Å². The molecule has 1 amide bonds. The molecule has 2 heterocycles. The molecule has 1 saturated heterocycles. The maximum atomic E-state index is 12.6. The Labute approximate surface area is 184 Å². The summed E-state index contributed by atoms with van der Waals surface area (Å²) in [5.74, 6) is 0.563. The first-order valence-electron chi connectivity index (χ1n) is 9.98. The van der Waals surface area contributed by atoms with Crippen molar-refractivity contribution in [2.45, 2.75) is 0 Å². The first kappa shape index (κ1) is 20.8. The number of nitriles is 1. The molecule has 2 aromatic carbocycles. The van der Waals surface area contributed by atoms with Crippen molar-refractivity contribution in [3.8, 4) is 6.07 Å². The summed E-state index contributed by atoms with van der Waals surface area (Å²) in [5.41, 5.74) is 1.41. The molecule has 9 heteroatoms. The Morgan fingerprint density at radius 1 is 1.09 bits per heavy atom. The number of hydrogen-bond donors (Lipinski definition) is 0. The maximum Gasteiger partial charge on any atom is 0.270 e. The molecule has 0 bridgehead atoms. The Morgan fingerprint density at radius 3 is 2.53 bits per heavy atom. The summed E-state index contributed by atoms with van der Waals surface area (Å²) in [6, 6.07) is 17.3. The smallest absolute Gasteiger partial charge is 0.270 e. The van der Waals surface area contributed by atoms with Crippen molar-refractivity contribution in [1.82, 2.24) is 9.88 Å². The van der Waals surface area contributed by atoms with Gasteiger partial charge >= 0.3 is 0 Å². The number of rotatable bonds is 5. The molecule has 0 spiro atoms. The third-order valence-corrected chi connectivity index (χ3v) is 5.11. The van der Waals surface area contributed by atoms with Crippen LogP contribution in [0.2, 0.25) is 0 Å². The van der Waals surface area contributed by atoms with E-state index in [0.717, 1.165) is 0 Å². The van der Waals surface area contributed by atoms with Crippen LogP contribution in [0, 0.1) is 21.4 Å². The lowest BCUT2D eigenvalue weighted by atomic mass is 10.2. The van der Waals surface area contributed by atoms with E-state index in [-0.39, 0.29) is 23.2 Å². The highest BCUT2D eigenvalue weighted by Crippen LogP contribution is 2.25. The molecule has 0 N–H and O–H groups in total. The fourth-order valence-corrected chi connectivity index (χ4v) is 3.47. The minimum Gasteiger partial charge on any atom is -0.420 e. The van der Waals surface area contributed by atoms with Gasteiger partial charge in [-0.3, -0.25) is 14.9 Å². The highest BCUT2D eigenvalue weighted by atomic mass is 16.6. The number of oxazole rings is 1. The number of amides is 1. The molecule has 0 aliphatic carbocycles. The molecule has 0 atom stereocenters. The molecule has 1 fully saturated rings. The Kier molecular flexibility index (Phi) is 5.94. The number of anilines is 1. The third-order valence-electron chi connectivity index (χ3n) is 5.11. The first-order chi connectivity index (χ1) is 15.5. The Bertz CT molecular complexity index is 1200. The molecule has 1 aliphatic heterocycles. The van der Waals surface area contributed by atoms with Gasteiger partial charge in [-0.25, -0.2) is 0 Å². The number of non-ortho nitro benzene ring substituents is 1. The summed E-state index contributed by atoms with van der Waals surface area (Å²) < 4.78 is 5.79. The van der Waals surface area contributed by atoms with Crippen molar-refractivity contribution < 1.29 is 14.1 Å². The highest BCUT2D eigenvalue weighted by Gasteiger charge is 2.26. The van der Waals surface area contributed by atoms with Gasteiger partial charge in [0, 0.05) is 50.0 Å². The van der Waals surface area contributed by atoms with E-state index in [1.54, 1.807) is 41.3 Å². The van der Waals surface area contributed by atoms with E-state index in [9.17, 15) is 20.2 Å². The van der Waals surface area contributed by atoms with Crippen LogP contribution in [-0.4, -0.2) is 46.9 Å². The summed E-state index contributed by atoms with van der Waals surface area (Å²) in [6.45, 7) is 2.02. The van der Waals surface area contributed by atoms with Crippen LogP contribution in [0.3, 0.4) is 0 Å². The topological polar surface area (TPSA) is 117 Å². The van der Waals surface area contributed by atoms with E-state index in [0.29, 0.717) is 43.2 Å². The van der Waals surface area contributed by atoms with Crippen LogP contribution < -0.4 is 4.90 Å². The van der Waals surface area contributed by atoms with Crippen molar-refractivity contribution in [3.05, 3.63) is 87.4 Å². The monoisotopic (exact) mass is 429 g/mol. The van der Waals surface area contributed by atoms with Crippen molar-refractivity contribution in [3.63, 3.8) is 0 Å². The first-order valence-corrected chi connectivity index (χ1v) is 9.98. The number of piperazine rings is 1. The lowest BCUT2D eigenvalue weighted by molar-refractivity contribution is -0.384. The molecule has 1 aliphatic rings. The quantitative estimate of drug-likeness (QED) is 0.449. The molecule has 1 aromatic heterocycles. The molecular formula is C23H19N5O4. The predicted molar refractivity (Wildman–Crippen MR) is 118 cm³/mol. The number of carbonyl (C=O) groups excluding carboxylic acids is 1. The average molecular weight is 429 g/mol. The standard InChI is InChI=1S/C23H19N5O4/c24-16-20-23(27-13-11-26(12-14-27)22(29)18-6-2-1-3-7-18)32-21(25-20)10-9-17-5-4-8-19(15-17)28(30)31/h1-10,15H,11-14H2/b10-9+. The van der Waals surface area contributed by atoms with Crippen molar-refractivity contribution >= 4 is 29.6 Å². The summed E-state index contributed by atoms with van der Waals surface area (Å²) in [4.78, 5) is 31.0. The molecule has 3 aromatic rings. The van der Waals surface area contributed by atoms with E-state index in [1.165, 1.54) is 12.1 Å². The summed E-state index contributed by atoms with van der Waals surface area (Å²) in [7, 11) is 0. The fraction of sp³-hybridized carbons (Fsp3) is 0.174. The Morgan fingerprint density at radius 2 is 1.84 bits per heavy atom.